The molecular formula is C13H10Cl2O3. The SMILES string of the molecule is CCOC(=O)/C=C/c1cc2cc(Cl)cc(Cl)c2o1. The molecule has 0 unspecified atom stereocenters. The van der Waals surface area contributed by atoms with E-state index in [9.17, 15) is 4.79 Å². The topological polar surface area (TPSA) is 39.4 Å². The van der Waals surface area contributed by atoms with Gasteiger partial charge >= 0.3 is 5.97 Å². The van der Waals surface area contributed by atoms with Gasteiger partial charge in [0.15, 0.2) is 5.58 Å². The maximum Gasteiger partial charge on any atom is 0.330 e. The first-order valence-corrected chi connectivity index (χ1v) is 6.09. The molecule has 0 saturated carbocycles. The summed E-state index contributed by atoms with van der Waals surface area (Å²) in [5.74, 6) is 0.101. The van der Waals surface area contributed by atoms with Crippen LogP contribution in [-0.4, -0.2) is 12.6 Å². The first kappa shape index (κ1) is 13.0. The molecule has 0 aliphatic carbocycles. The third-order valence-corrected chi connectivity index (χ3v) is 2.72. The van der Waals surface area contributed by atoms with Crippen LogP contribution in [0.3, 0.4) is 0 Å². The van der Waals surface area contributed by atoms with Crippen molar-refractivity contribution in [2.24, 2.45) is 0 Å². The first-order chi connectivity index (χ1) is 8.60. The van der Waals surface area contributed by atoms with E-state index in [4.69, 9.17) is 32.4 Å². The number of fused-ring (bicyclic) bond motifs is 1. The standard InChI is InChI=1S/C13H10Cl2O3/c1-2-17-12(16)4-3-10-6-8-5-9(14)7-11(15)13(8)18-10/h3-7H,2H2,1H3/b4-3+. The molecule has 2 aromatic rings. The summed E-state index contributed by atoms with van der Waals surface area (Å²) in [4.78, 5) is 11.2. The molecular weight excluding hydrogens is 275 g/mol. The Hall–Kier alpha value is -1.45. The van der Waals surface area contributed by atoms with Crippen LogP contribution in [-0.2, 0) is 9.53 Å². The quantitative estimate of drug-likeness (QED) is 0.623. The molecule has 0 atom stereocenters. The number of ether oxygens (including phenoxy) is 1. The average molecular weight is 285 g/mol. The predicted molar refractivity (Wildman–Crippen MR) is 71.9 cm³/mol. The lowest BCUT2D eigenvalue weighted by Gasteiger charge is -1.93. The number of halogens is 2. The molecule has 94 valence electrons. The van der Waals surface area contributed by atoms with Gasteiger partial charge in [0, 0.05) is 16.5 Å². The van der Waals surface area contributed by atoms with Crippen molar-refractivity contribution in [2.75, 3.05) is 6.61 Å². The predicted octanol–water partition coefficient (Wildman–Crippen LogP) is 4.32. The Morgan fingerprint density at radius 2 is 2.17 bits per heavy atom. The van der Waals surface area contributed by atoms with Crippen molar-refractivity contribution in [1.82, 2.24) is 0 Å². The van der Waals surface area contributed by atoms with E-state index in [1.54, 1.807) is 25.1 Å². The zero-order valence-corrected chi connectivity index (χ0v) is 11.1. The lowest BCUT2D eigenvalue weighted by molar-refractivity contribution is -0.137. The van der Waals surface area contributed by atoms with Crippen LogP contribution in [0.15, 0.2) is 28.7 Å². The molecule has 0 amide bonds. The van der Waals surface area contributed by atoms with E-state index in [1.807, 2.05) is 0 Å². The van der Waals surface area contributed by atoms with Gasteiger partial charge in [-0.1, -0.05) is 23.2 Å². The number of esters is 1. The summed E-state index contributed by atoms with van der Waals surface area (Å²) in [7, 11) is 0. The van der Waals surface area contributed by atoms with Gasteiger partial charge in [-0.15, -0.1) is 0 Å². The van der Waals surface area contributed by atoms with Gasteiger partial charge in [0.05, 0.1) is 11.6 Å². The minimum absolute atomic E-state index is 0.338. The summed E-state index contributed by atoms with van der Waals surface area (Å²) < 4.78 is 10.3. The lowest BCUT2D eigenvalue weighted by Crippen LogP contribution is -1.98. The fourth-order valence-electron chi connectivity index (χ4n) is 1.52. The Bertz CT molecular complexity index is 614. The highest BCUT2D eigenvalue weighted by atomic mass is 35.5. The highest BCUT2D eigenvalue weighted by Crippen LogP contribution is 2.30. The largest absolute Gasteiger partial charge is 0.463 e. The van der Waals surface area contributed by atoms with Crippen molar-refractivity contribution in [3.05, 3.63) is 40.1 Å². The van der Waals surface area contributed by atoms with Gasteiger partial charge in [-0.3, -0.25) is 0 Å². The number of benzene rings is 1. The molecule has 1 aromatic carbocycles. The summed E-state index contributed by atoms with van der Waals surface area (Å²) >= 11 is 11.9. The van der Waals surface area contributed by atoms with Crippen LogP contribution in [0.4, 0.5) is 0 Å². The Labute approximate surface area is 114 Å². The summed E-state index contributed by atoms with van der Waals surface area (Å²) in [5.41, 5.74) is 0.546. The second kappa shape index (κ2) is 5.46. The zero-order chi connectivity index (χ0) is 13.1. The number of hydrogen-bond donors (Lipinski definition) is 0. The van der Waals surface area contributed by atoms with Gasteiger partial charge in [-0.25, -0.2) is 4.79 Å². The fraction of sp³-hybridized carbons (Fsp3) is 0.154. The smallest absolute Gasteiger partial charge is 0.330 e. The third-order valence-electron chi connectivity index (χ3n) is 2.23. The summed E-state index contributed by atoms with van der Waals surface area (Å²) in [6.07, 6.45) is 2.83. The fourth-order valence-corrected chi connectivity index (χ4v) is 2.07. The minimum Gasteiger partial charge on any atom is -0.463 e. The molecule has 0 bridgehead atoms. The van der Waals surface area contributed by atoms with Gasteiger partial charge in [0.2, 0.25) is 0 Å². The molecule has 1 aromatic heterocycles. The maximum absolute atomic E-state index is 11.2. The van der Waals surface area contributed by atoms with E-state index in [1.165, 1.54) is 12.2 Å². The van der Waals surface area contributed by atoms with Crippen molar-refractivity contribution < 1.29 is 13.9 Å². The molecule has 0 spiro atoms. The van der Waals surface area contributed by atoms with Crippen LogP contribution in [0.1, 0.15) is 12.7 Å². The average Bonchev–Trinajstić information content (AvgIpc) is 2.70. The molecule has 0 N–H and O–H groups in total. The normalized spacial score (nSPS) is 11.3. The van der Waals surface area contributed by atoms with Crippen LogP contribution in [0, 0.1) is 0 Å². The monoisotopic (exact) mass is 284 g/mol. The second-order valence-corrected chi connectivity index (χ2v) is 4.38. The number of carbonyl (C=O) groups excluding carboxylic acids is 1. The number of hydrogen-bond acceptors (Lipinski definition) is 3. The Morgan fingerprint density at radius 3 is 2.89 bits per heavy atom. The first-order valence-electron chi connectivity index (χ1n) is 5.33. The van der Waals surface area contributed by atoms with E-state index < -0.39 is 5.97 Å². The van der Waals surface area contributed by atoms with E-state index >= 15 is 0 Å². The molecule has 0 radical (unpaired) electrons. The number of rotatable bonds is 3. The highest BCUT2D eigenvalue weighted by molar-refractivity contribution is 6.38. The lowest BCUT2D eigenvalue weighted by atomic mass is 10.2. The molecule has 5 heteroatoms. The molecule has 3 nitrogen and oxygen atoms in total. The number of furan rings is 1. The molecule has 0 aliphatic heterocycles. The Morgan fingerprint density at radius 1 is 1.39 bits per heavy atom. The van der Waals surface area contributed by atoms with E-state index in [-0.39, 0.29) is 0 Å². The summed E-state index contributed by atoms with van der Waals surface area (Å²) in [6, 6.07) is 5.10. The summed E-state index contributed by atoms with van der Waals surface area (Å²) in [6.45, 7) is 2.08. The van der Waals surface area contributed by atoms with E-state index in [0.29, 0.717) is 28.0 Å². The summed E-state index contributed by atoms with van der Waals surface area (Å²) in [5, 5.41) is 1.76. The third kappa shape index (κ3) is 2.86. The zero-order valence-electron chi connectivity index (χ0n) is 9.57. The van der Waals surface area contributed by atoms with Crippen LogP contribution in [0.2, 0.25) is 10.0 Å². The van der Waals surface area contributed by atoms with Crippen molar-refractivity contribution in [1.29, 1.82) is 0 Å². The van der Waals surface area contributed by atoms with Gasteiger partial charge in [-0.2, -0.15) is 0 Å². The minimum atomic E-state index is -0.415. The van der Waals surface area contributed by atoms with Crippen molar-refractivity contribution in [3.8, 4) is 0 Å². The Kier molecular flexibility index (Phi) is 3.94. The molecule has 1 heterocycles. The molecule has 18 heavy (non-hydrogen) atoms. The van der Waals surface area contributed by atoms with E-state index in [2.05, 4.69) is 0 Å². The number of carbonyl (C=O) groups is 1. The van der Waals surface area contributed by atoms with Crippen LogP contribution >= 0.6 is 23.2 Å². The Balaban J connectivity index is 2.31. The van der Waals surface area contributed by atoms with Gasteiger partial charge in [0.25, 0.3) is 0 Å². The maximum atomic E-state index is 11.2. The van der Waals surface area contributed by atoms with Crippen LogP contribution in [0.5, 0.6) is 0 Å². The molecule has 0 fully saturated rings. The molecule has 0 aliphatic rings. The van der Waals surface area contributed by atoms with Crippen LogP contribution < -0.4 is 0 Å². The van der Waals surface area contributed by atoms with Crippen molar-refractivity contribution >= 4 is 46.2 Å². The van der Waals surface area contributed by atoms with Crippen molar-refractivity contribution in [2.45, 2.75) is 6.92 Å². The van der Waals surface area contributed by atoms with Gasteiger partial charge < -0.3 is 9.15 Å². The molecule has 0 saturated heterocycles. The molecule has 2 rings (SSSR count). The highest BCUT2D eigenvalue weighted by Gasteiger charge is 2.07. The van der Waals surface area contributed by atoms with E-state index in [0.717, 1.165) is 5.39 Å². The van der Waals surface area contributed by atoms with Crippen molar-refractivity contribution in [3.63, 3.8) is 0 Å². The second-order valence-electron chi connectivity index (χ2n) is 3.54. The van der Waals surface area contributed by atoms with Crippen LogP contribution in [0.25, 0.3) is 17.0 Å². The van der Waals surface area contributed by atoms with Gasteiger partial charge in [0.1, 0.15) is 5.76 Å². The van der Waals surface area contributed by atoms with Gasteiger partial charge in [-0.05, 0) is 31.2 Å².